The summed E-state index contributed by atoms with van der Waals surface area (Å²) in [4.78, 5) is 2.51. The molecule has 0 bridgehead atoms. The minimum atomic E-state index is 0.516. The predicted molar refractivity (Wildman–Crippen MR) is 67.7 cm³/mol. The smallest absolute Gasteiger partial charge is 0.0701 e. The molecule has 1 atom stereocenters. The van der Waals surface area contributed by atoms with Gasteiger partial charge in [-0.3, -0.25) is 0 Å². The van der Waals surface area contributed by atoms with Crippen molar-refractivity contribution in [1.82, 2.24) is 4.90 Å². The van der Waals surface area contributed by atoms with Gasteiger partial charge in [0.25, 0.3) is 0 Å². The van der Waals surface area contributed by atoms with E-state index in [1.165, 1.54) is 57.9 Å². The highest BCUT2D eigenvalue weighted by atomic mass is 16.5. The molecule has 0 amide bonds. The SMILES string of the molecule is CN(CC1CCCCC1)CC1CCCCO1. The Kier molecular flexibility index (Phi) is 5.11. The summed E-state index contributed by atoms with van der Waals surface area (Å²) in [6, 6.07) is 0. The molecule has 0 radical (unpaired) electrons. The minimum Gasteiger partial charge on any atom is -0.377 e. The fourth-order valence-electron chi connectivity index (χ4n) is 3.18. The molecule has 1 aliphatic heterocycles. The summed E-state index contributed by atoms with van der Waals surface area (Å²) < 4.78 is 5.80. The number of hydrogen-bond acceptors (Lipinski definition) is 2. The van der Waals surface area contributed by atoms with Crippen LogP contribution in [0.1, 0.15) is 51.4 Å². The number of rotatable bonds is 4. The second kappa shape index (κ2) is 6.61. The van der Waals surface area contributed by atoms with Gasteiger partial charge in [0.15, 0.2) is 0 Å². The molecule has 16 heavy (non-hydrogen) atoms. The third-order valence-electron chi connectivity index (χ3n) is 4.08. The molecule has 0 spiro atoms. The Morgan fingerprint density at radius 1 is 0.938 bits per heavy atom. The van der Waals surface area contributed by atoms with Crippen LogP contribution < -0.4 is 0 Å². The van der Waals surface area contributed by atoms with E-state index >= 15 is 0 Å². The molecule has 1 saturated carbocycles. The molecule has 94 valence electrons. The number of nitrogens with zero attached hydrogens (tertiary/aromatic N) is 1. The van der Waals surface area contributed by atoms with Crippen molar-refractivity contribution in [2.45, 2.75) is 57.5 Å². The molecule has 0 N–H and O–H groups in total. The molecule has 1 unspecified atom stereocenters. The zero-order chi connectivity index (χ0) is 11.2. The molecule has 2 aliphatic rings. The van der Waals surface area contributed by atoms with Crippen LogP contribution in [0.2, 0.25) is 0 Å². The Morgan fingerprint density at radius 3 is 2.38 bits per heavy atom. The Bertz CT molecular complexity index is 163. The largest absolute Gasteiger partial charge is 0.377 e. The molecule has 2 heteroatoms. The summed E-state index contributed by atoms with van der Waals surface area (Å²) in [6.07, 6.45) is 11.7. The number of hydrogen-bond donors (Lipinski definition) is 0. The van der Waals surface area contributed by atoms with Crippen molar-refractivity contribution in [2.75, 3.05) is 26.7 Å². The fourth-order valence-corrected chi connectivity index (χ4v) is 3.18. The highest BCUT2D eigenvalue weighted by Gasteiger charge is 2.19. The second-order valence-corrected chi connectivity index (χ2v) is 5.71. The Labute approximate surface area is 100 Å². The summed E-state index contributed by atoms with van der Waals surface area (Å²) in [5.41, 5.74) is 0. The van der Waals surface area contributed by atoms with Gasteiger partial charge < -0.3 is 9.64 Å². The van der Waals surface area contributed by atoms with Gasteiger partial charge in [0.1, 0.15) is 0 Å². The molecule has 2 fully saturated rings. The van der Waals surface area contributed by atoms with E-state index in [-0.39, 0.29) is 0 Å². The summed E-state index contributed by atoms with van der Waals surface area (Å²) in [6.45, 7) is 3.43. The van der Waals surface area contributed by atoms with E-state index in [2.05, 4.69) is 11.9 Å². The molecule has 1 saturated heterocycles. The average molecular weight is 225 g/mol. The summed E-state index contributed by atoms with van der Waals surface area (Å²) in [7, 11) is 2.27. The van der Waals surface area contributed by atoms with Crippen LogP contribution >= 0.6 is 0 Å². The Morgan fingerprint density at radius 2 is 1.69 bits per heavy atom. The van der Waals surface area contributed by atoms with Crippen LogP contribution in [-0.2, 0) is 4.74 Å². The molecule has 2 rings (SSSR count). The zero-order valence-corrected chi connectivity index (χ0v) is 10.8. The third kappa shape index (κ3) is 4.06. The summed E-state index contributed by atoms with van der Waals surface area (Å²) in [5, 5.41) is 0. The maximum absolute atomic E-state index is 5.80. The lowest BCUT2D eigenvalue weighted by Gasteiger charge is -2.31. The van der Waals surface area contributed by atoms with E-state index in [9.17, 15) is 0 Å². The fraction of sp³-hybridized carbons (Fsp3) is 1.00. The third-order valence-corrected chi connectivity index (χ3v) is 4.08. The topological polar surface area (TPSA) is 12.5 Å². The highest BCUT2D eigenvalue weighted by molar-refractivity contribution is 4.72. The lowest BCUT2D eigenvalue weighted by molar-refractivity contribution is -0.00419. The zero-order valence-electron chi connectivity index (χ0n) is 10.8. The van der Waals surface area contributed by atoms with Crippen LogP contribution in [0.5, 0.6) is 0 Å². The molecular weight excluding hydrogens is 198 g/mol. The van der Waals surface area contributed by atoms with Gasteiger partial charge in [-0.2, -0.15) is 0 Å². The maximum Gasteiger partial charge on any atom is 0.0701 e. The molecular formula is C14H27NO. The molecule has 1 aliphatic carbocycles. The first-order valence-corrected chi connectivity index (χ1v) is 7.15. The minimum absolute atomic E-state index is 0.516. The van der Waals surface area contributed by atoms with E-state index in [4.69, 9.17) is 4.74 Å². The quantitative estimate of drug-likeness (QED) is 0.729. The molecule has 1 heterocycles. The van der Waals surface area contributed by atoms with Gasteiger partial charge in [-0.25, -0.2) is 0 Å². The first kappa shape index (κ1) is 12.4. The first-order chi connectivity index (χ1) is 7.84. The van der Waals surface area contributed by atoms with Crippen LogP contribution in [0, 0.1) is 5.92 Å². The van der Waals surface area contributed by atoms with E-state index in [0.717, 1.165) is 19.1 Å². The lowest BCUT2D eigenvalue weighted by Crippen LogP contribution is -2.36. The monoisotopic (exact) mass is 225 g/mol. The van der Waals surface area contributed by atoms with Crippen LogP contribution in [-0.4, -0.2) is 37.7 Å². The highest BCUT2D eigenvalue weighted by Crippen LogP contribution is 2.24. The summed E-state index contributed by atoms with van der Waals surface area (Å²) >= 11 is 0. The van der Waals surface area contributed by atoms with Crippen molar-refractivity contribution in [3.63, 3.8) is 0 Å². The van der Waals surface area contributed by atoms with Crippen LogP contribution in [0.15, 0.2) is 0 Å². The van der Waals surface area contributed by atoms with Gasteiger partial charge in [0.05, 0.1) is 6.10 Å². The van der Waals surface area contributed by atoms with Gasteiger partial charge in [0, 0.05) is 19.7 Å². The van der Waals surface area contributed by atoms with Crippen molar-refractivity contribution >= 4 is 0 Å². The maximum atomic E-state index is 5.80. The number of ether oxygens (including phenoxy) is 1. The molecule has 0 aromatic carbocycles. The van der Waals surface area contributed by atoms with Crippen molar-refractivity contribution in [3.8, 4) is 0 Å². The van der Waals surface area contributed by atoms with E-state index in [1.54, 1.807) is 0 Å². The van der Waals surface area contributed by atoms with Gasteiger partial charge in [-0.05, 0) is 45.1 Å². The van der Waals surface area contributed by atoms with Gasteiger partial charge in [0.2, 0.25) is 0 Å². The normalized spacial score (nSPS) is 28.5. The van der Waals surface area contributed by atoms with Crippen molar-refractivity contribution in [2.24, 2.45) is 5.92 Å². The average Bonchev–Trinajstić information content (AvgIpc) is 2.31. The Hall–Kier alpha value is -0.0800. The molecule has 0 aromatic rings. The van der Waals surface area contributed by atoms with Crippen LogP contribution in [0.25, 0.3) is 0 Å². The number of likely N-dealkylation sites (N-methyl/N-ethyl adjacent to an activating group) is 1. The van der Waals surface area contributed by atoms with Crippen LogP contribution in [0.4, 0.5) is 0 Å². The standard InChI is InChI=1S/C14H27NO/c1-15(11-13-7-3-2-4-8-13)12-14-9-5-6-10-16-14/h13-14H,2-12H2,1H3. The Balaban J connectivity index is 1.64. The predicted octanol–water partition coefficient (Wildman–Crippen LogP) is 3.07. The summed E-state index contributed by atoms with van der Waals surface area (Å²) in [5.74, 6) is 0.961. The molecule has 0 aromatic heterocycles. The van der Waals surface area contributed by atoms with E-state index < -0.39 is 0 Å². The molecule has 2 nitrogen and oxygen atoms in total. The van der Waals surface area contributed by atoms with Gasteiger partial charge >= 0.3 is 0 Å². The van der Waals surface area contributed by atoms with E-state index in [0.29, 0.717) is 6.10 Å². The van der Waals surface area contributed by atoms with Crippen LogP contribution in [0.3, 0.4) is 0 Å². The second-order valence-electron chi connectivity index (χ2n) is 5.71. The lowest BCUT2D eigenvalue weighted by atomic mass is 9.89. The van der Waals surface area contributed by atoms with E-state index in [1.807, 2.05) is 0 Å². The van der Waals surface area contributed by atoms with Gasteiger partial charge in [-0.1, -0.05) is 19.3 Å². The first-order valence-electron chi connectivity index (χ1n) is 7.15. The van der Waals surface area contributed by atoms with Crippen molar-refractivity contribution in [1.29, 1.82) is 0 Å². The van der Waals surface area contributed by atoms with Gasteiger partial charge in [-0.15, -0.1) is 0 Å². The van der Waals surface area contributed by atoms with Crippen molar-refractivity contribution in [3.05, 3.63) is 0 Å². The van der Waals surface area contributed by atoms with Crippen molar-refractivity contribution < 1.29 is 4.74 Å².